The third kappa shape index (κ3) is 2.54. The highest BCUT2D eigenvalue weighted by atomic mass is 32.1. The highest BCUT2D eigenvalue weighted by Gasteiger charge is 2.18. The number of hydrogen-bond donors (Lipinski definition) is 2. The van der Waals surface area contributed by atoms with Gasteiger partial charge >= 0.3 is 0 Å². The molecule has 0 fully saturated rings. The van der Waals surface area contributed by atoms with Gasteiger partial charge in [-0.2, -0.15) is 11.3 Å². The van der Waals surface area contributed by atoms with Crippen molar-refractivity contribution in [3.8, 4) is 0 Å². The first kappa shape index (κ1) is 12.7. The molecular formula is C14H13BN2S2. The minimum Gasteiger partial charge on any atom is -0.365 e. The van der Waals surface area contributed by atoms with Crippen LogP contribution in [-0.2, 0) is 0 Å². The minimum absolute atomic E-state index is 0.179. The number of dihydropyridines is 1. The standard InChI is InChI=1S/C14H13BN2S2/c1-8-2-5-11(18-8)9-3-4-10(17-14(9)16)12-6-7-13(15)19-12/h2-7,14,17H,16H2,1H3. The molecule has 19 heavy (non-hydrogen) atoms. The van der Waals surface area contributed by atoms with Crippen LogP contribution in [0.4, 0.5) is 0 Å². The van der Waals surface area contributed by atoms with Gasteiger partial charge in [0.05, 0.1) is 5.70 Å². The summed E-state index contributed by atoms with van der Waals surface area (Å²) in [6.45, 7) is 2.10. The van der Waals surface area contributed by atoms with E-state index in [1.807, 2.05) is 12.1 Å². The molecule has 0 aromatic carbocycles. The van der Waals surface area contributed by atoms with Gasteiger partial charge in [-0.15, -0.1) is 11.3 Å². The Morgan fingerprint density at radius 3 is 2.47 bits per heavy atom. The predicted octanol–water partition coefficient (Wildman–Crippen LogP) is 2.22. The van der Waals surface area contributed by atoms with Crippen molar-refractivity contribution in [1.82, 2.24) is 5.32 Å². The predicted molar refractivity (Wildman–Crippen MR) is 85.8 cm³/mol. The van der Waals surface area contributed by atoms with E-state index in [1.165, 1.54) is 9.75 Å². The summed E-state index contributed by atoms with van der Waals surface area (Å²) in [7, 11) is 5.76. The second-order valence-corrected chi connectivity index (χ2v) is 6.84. The third-order valence-corrected chi connectivity index (χ3v) is 4.99. The summed E-state index contributed by atoms with van der Waals surface area (Å²) >= 11 is 3.33. The second-order valence-electron chi connectivity index (χ2n) is 4.44. The van der Waals surface area contributed by atoms with E-state index in [1.54, 1.807) is 22.7 Å². The van der Waals surface area contributed by atoms with Crippen LogP contribution in [0, 0.1) is 6.92 Å². The second kappa shape index (κ2) is 5.00. The molecule has 1 unspecified atom stereocenters. The van der Waals surface area contributed by atoms with Crippen LogP contribution in [0.25, 0.3) is 11.3 Å². The van der Waals surface area contributed by atoms with Crippen molar-refractivity contribution in [2.45, 2.75) is 13.1 Å². The van der Waals surface area contributed by atoms with Gasteiger partial charge in [-0.05, 0) is 36.0 Å². The molecular weight excluding hydrogens is 271 g/mol. The van der Waals surface area contributed by atoms with E-state index >= 15 is 0 Å². The molecule has 94 valence electrons. The van der Waals surface area contributed by atoms with Crippen LogP contribution in [0.1, 0.15) is 14.6 Å². The minimum atomic E-state index is -0.179. The number of hydrogen-bond acceptors (Lipinski definition) is 4. The molecule has 3 heterocycles. The summed E-state index contributed by atoms with van der Waals surface area (Å²) < 4.78 is 0.815. The maximum Gasteiger partial charge on any atom is 0.128 e. The first-order chi connectivity index (χ1) is 9.13. The van der Waals surface area contributed by atoms with Gasteiger partial charge in [0.2, 0.25) is 0 Å². The largest absolute Gasteiger partial charge is 0.365 e. The summed E-state index contributed by atoms with van der Waals surface area (Å²) in [5, 5.41) is 3.34. The van der Waals surface area contributed by atoms with E-state index in [0.717, 1.165) is 20.9 Å². The van der Waals surface area contributed by atoms with Crippen molar-refractivity contribution in [2.75, 3.05) is 0 Å². The van der Waals surface area contributed by atoms with E-state index in [9.17, 15) is 0 Å². The van der Waals surface area contributed by atoms with Gasteiger partial charge in [0.1, 0.15) is 14.0 Å². The van der Waals surface area contributed by atoms with Crippen molar-refractivity contribution in [3.63, 3.8) is 0 Å². The van der Waals surface area contributed by atoms with Crippen LogP contribution >= 0.6 is 22.7 Å². The molecule has 1 atom stereocenters. The molecule has 0 aliphatic carbocycles. The lowest BCUT2D eigenvalue weighted by atomic mass is 10.1. The SMILES string of the molecule is [B]c1ccc(C2=CC=C(c3ccc(C)s3)C(N)N2)s1. The fourth-order valence-corrected chi connectivity index (χ4v) is 3.74. The smallest absolute Gasteiger partial charge is 0.128 e. The molecule has 2 nitrogen and oxygen atoms in total. The monoisotopic (exact) mass is 284 g/mol. The maximum absolute atomic E-state index is 6.21. The first-order valence-electron chi connectivity index (χ1n) is 6.00. The molecule has 2 aromatic heterocycles. The topological polar surface area (TPSA) is 38.0 Å². The van der Waals surface area contributed by atoms with E-state index in [2.05, 4.69) is 36.5 Å². The first-order valence-corrected chi connectivity index (χ1v) is 7.63. The molecule has 3 rings (SSSR count). The Morgan fingerprint density at radius 1 is 1.11 bits per heavy atom. The van der Waals surface area contributed by atoms with Crippen LogP contribution in [-0.4, -0.2) is 14.0 Å². The maximum atomic E-state index is 6.21. The van der Waals surface area contributed by atoms with Gasteiger partial charge < -0.3 is 11.1 Å². The number of nitrogens with one attached hydrogen (secondary N) is 1. The van der Waals surface area contributed by atoms with E-state index < -0.39 is 0 Å². The lowest BCUT2D eigenvalue weighted by Crippen LogP contribution is -2.38. The quantitative estimate of drug-likeness (QED) is 0.830. The van der Waals surface area contributed by atoms with Crippen molar-refractivity contribution >= 4 is 46.6 Å². The van der Waals surface area contributed by atoms with E-state index in [4.69, 9.17) is 13.6 Å². The summed E-state index contributed by atoms with van der Waals surface area (Å²) in [5.41, 5.74) is 8.38. The van der Waals surface area contributed by atoms with Crippen LogP contribution in [0.15, 0.2) is 36.4 Å². The fourth-order valence-electron chi connectivity index (χ4n) is 2.05. The van der Waals surface area contributed by atoms with Gasteiger partial charge in [-0.1, -0.05) is 12.1 Å². The molecule has 0 spiro atoms. The summed E-state index contributed by atoms with van der Waals surface area (Å²) in [6.07, 6.45) is 3.98. The summed E-state index contributed by atoms with van der Waals surface area (Å²) in [4.78, 5) is 3.63. The zero-order chi connectivity index (χ0) is 13.4. The van der Waals surface area contributed by atoms with Crippen molar-refractivity contribution < 1.29 is 0 Å². The van der Waals surface area contributed by atoms with Crippen molar-refractivity contribution in [1.29, 1.82) is 0 Å². The van der Waals surface area contributed by atoms with Gasteiger partial charge in [-0.25, -0.2) is 0 Å². The Labute approximate surface area is 122 Å². The van der Waals surface area contributed by atoms with Crippen LogP contribution in [0.2, 0.25) is 0 Å². The Balaban J connectivity index is 1.93. The Morgan fingerprint density at radius 2 is 1.89 bits per heavy atom. The fraction of sp³-hybridized carbons (Fsp3) is 0.143. The highest BCUT2D eigenvalue weighted by Crippen LogP contribution is 2.29. The number of nitrogens with two attached hydrogens (primary N) is 1. The molecule has 1 aliphatic rings. The molecule has 2 aromatic rings. The average molecular weight is 284 g/mol. The molecule has 5 heteroatoms. The third-order valence-electron chi connectivity index (χ3n) is 2.99. The van der Waals surface area contributed by atoms with Crippen LogP contribution in [0.3, 0.4) is 0 Å². The molecule has 0 saturated heterocycles. The van der Waals surface area contributed by atoms with Gasteiger partial charge in [0.25, 0.3) is 0 Å². The number of aryl methyl sites for hydroxylation is 1. The van der Waals surface area contributed by atoms with Crippen molar-refractivity contribution in [2.24, 2.45) is 5.73 Å². The Hall–Kier alpha value is -1.30. The van der Waals surface area contributed by atoms with Gasteiger partial charge in [-0.3, -0.25) is 0 Å². The van der Waals surface area contributed by atoms with Crippen LogP contribution in [0.5, 0.6) is 0 Å². The molecule has 0 bridgehead atoms. The zero-order valence-electron chi connectivity index (χ0n) is 10.5. The zero-order valence-corrected chi connectivity index (χ0v) is 12.1. The summed E-state index contributed by atoms with van der Waals surface area (Å²) in [5.74, 6) is 0. The number of rotatable bonds is 2. The highest BCUT2D eigenvalue weighted by molar-refractivity contribution is 7.20. The molecule has 3 N–H and O–H groups in total. The van der Waals surface area contributed by atoms with Crippen molar-refractivity contribution in [3.05, 3.63) is 51.0 Å². The number of allylic oxidation sites excluding steroid dienone is 2. The van der Waals surface area contributed by atoms with E-state index in [0.29, 0.717) is 0 Å². The van der Waals surface area contributed by atoms with Gasteiger partial charge in [0.15, 0.2) is 0 Å². The molecule has 1 aliphatic heterocycles. The van der Waals surface area contributed by atoms with E-state index in [-0.39, 0.29) is 6.17 Å². The lowest BCUT2D eigenvalue weighted by molar-refractivity contribution is 0.764. The molecule has 2 radical (unpaired) electrons. The lowest BCUT2D eigenvalue weighted by Gasteiger charge is -2.23. The van der Waals surface area contributed by atoms with Crippen LogP contribution < -0.4 is 15.8 Å². The number of thiophene rings is 2. The Kier molecular flexibility index (Phi) is 3.35. The molecule has 0 amide bonds. The van der Waals surface area contributed by atoms with Gasteiger partial charge in [0, 0.05) is 20.2 Å². The molecule has 0 saturated carbocycles. The normalized spacial score (nSPS) is 18.7. The average Bonchev–Trinajstić information content (AvgIpc) is 2.98. The summed E-state index contributed by atoms with van der Waals surface area (Å²) in [6, 6.07) is 8.16. The Bertz CT molecular complexity index is 667.